The number of carbonyl (C=O) groups is 1. The van der Waals surface area contributed by atoms with Gasteiger partial charge in [0.25, 0.3) is 0 Å². The molecule has 1 aromatic rings. The Kier molecular flexibility index (Phi) is 4.02. The van der Waals surface area contributed by atoms with E-state index in [9.17, 15) is 4.79 Å². The number of rotatable bonds is 3. The first-order valence-corrected chi connectivity index (χ1v) is 6.32. The van der Waals surface area contributed by atoms with Crippen LogP contribution in [0.3, 0.4) is 0 Å². The summed E-state index contributed by atoms with van der Waals surface area (Å²) in [5.74, 6) is -0.700. The molecule has 98 valence electrons. The van der Waals surface area contributed by atoms with E-state index in [1.165, 1.54) is 25.1 Å². The molecule has 1 heterocycles. The van der Waals surface area contributed by atoms with Gasteiger partial charge in [0, 0.05) is 6.07 Å². The molecule has 5 heteroatoms. The molecular weight excluding hydrogens is 232 g/mol. The molecule has 18 heavy (non-hydrogen) atoms. The van der Waals surface area contributed by atoms with Gasteiger partial charge in [-0.25, -0.2) is 9.78 Å². The maximum Gasteiger partial charge on any atom is 0.338 e. The Hall–Kier alpha value is -1.78. The smallest absolute Gasteiger partial charge is 0.338 e. The van der Waals surface area contributed by atoms with Gasteiger partial charge in [0.1, 0.15) is 6.10 Å². The Labute approximate surface area is 106 Å². The number of nitrogens with zero attached hydrogens (tertiary/aromatic N) is 1. The lowest BCUT2D eigenvalue weighted by Gasteiger charge is -2.16. The molecule has 2 rings (SSSR count). The van der Waals surface area contributed by atoms with Gasteiger partial charge in [-0.1, -0.05) is 12.8 Å². The molecule has 3 N–H and O–H groups in total. The second kappa shape index (κ2) is 5.71. The number of hydrogen-bond acceptors (Lipinski definition) is 4. The molecule has 0 saturated heterocycles. The van der Waals surface area contributed by atoms with Gasteiger partial charge in [0.05, 0.1) is 17.4 Å². The van der Waals surface area contributed by atoms with Crippen molar-refractivity contribution in [3.63, 3.8) is 0 Å². The predicted molar refractivity (Wildman–Crippen MR) is 67.7 cm³/mol. The average Bonchev–Trinajstić information content (AvgIpc) is 2.60. The van der Waals surface area contributed by atoms with Crippen molar-refractivity contribution in [2.75, 3.05) is 5.73 Å². The third-order valence-electron chi connectivity index (χ3n) is 3.23. The Morgan fingerprint density at radius 2 is 2.00 bits per heavy atom. The molecule has 5 nitrogen and oxygen atoms in total. The molecule has 0 unspecified atom stereocenters. The number of ether oxygens (including phenoxy) is 1. The van der Waals surface area contributed by atoms with Gasteiger partial charge in [-0.3, -0.25) is 0 Å². The number of nitrogen functional groups attached to an aromatic ring is 1. The van der Waals surface area contributed by atoms with Crippen molar-refractivity contribution in [2.24, 2.45) is 0 Å². The molecule has 0 atom stereocenters. The molecule has 1 aromatic heterocycles. The largest absolute Gasteiger partial charge is 0.478 e. The Bertz CT molecular complexity index is 426. The van der Waals surface area contributed by atoms with Crippen LogP contribution in [0.4, 0.5) is 5.69 Å². The van der Waals surface area contributed by atoms with E-state index in [0.717, 1.165) is 25.7 Å². The van der Waals surface area contributed by atoms with Crippen molar-refractivity contribution in [1.82, 2.24) is 4.98 Å². The van der Waals surface area contributed by atoms with E-state index >= 15 is 0 Å². The average molecular weight is 250 g/mol. The lowest BCUT2D eigenvalue weighted by molar-refractivity contribution is 0.0696. The molecule has 1 fully saturated rings. The number of anilines is 1. The number of pyridine rings is 1. The third kappa shape index (κ3) is 3.12. The van der Waals surface area contributed by atoms with Crippen molar-refractivity contribution in [3.05, 3.63) is 17.8 Å². The number of carboxylic acids is 1. The summed E-state index contributed by atoms with van der Waals surface area (Å²) >= 11 is 0. The molecule has 0 aromatic carbocycles. The van der Waals surface area contributed by atoms with Gasteiger partial charge in [-0.05, 0) is 25.7 Å². The van der Waals surface area contributed by atoms with Crippen LogP contribution in [0.15, 0.2) is 12.3 Å². The minimum atomic E-state index is -1.05. The van der Waals surface area contributed by atoms with Crippen LogP contribution in [0.5, 0.6) is 5.88 Å². The number of aromatic nitrogens is 1. The van der Waals surface area contributed by atoms with Crippen molar-refractivity contribution in [1.29, 1.82) is 0 Å². The molecule has 0 bridgehead atoms. The molecule has 0 spiro atoms. The molecule has 1 aliphatic rings. The van der Waals surface area contributed by atoms with Gasteiger partial charge in [-0.2, -0.15) is 0 Å². The number of carboxylic acid groups (broad SMARTS) is 1. The molecule has 1 aliphatic carbocycles. The number of aromatic carboxylic acids is 1. The van der Waals surface area contributed by atoms with E-state index in [-0.39, 0.29) is 17.4 Å². The van der Waals surface area contributed by atoms with Gasteiger partial charge in [0.2, 0.25) is 5.88 Å². The highest BCUT2D eigenvalue weighted by Gasteiger charge is 2.16. The van der Waals surface area contributed by atoms with Crippen LogP contribution in [0.1, 0.15) is 48.9 Å². The van der Waals surface area contributed by atoms with Crippen molar-refractivity contribution in [2.45, 2.75) is 44.6 Å². The number of nitrogens with two attached hydrogens (primary N) is 1. The monoisotopic (exact) mass is 250 g/mol. The van der Waals surface area contributed by atoms with Gasteiger partial charge >= 0.3 is 5.97 Å². The zero-order valence-electron chi connectivity index (χ0n) is 10.3. The van der Waals surface area contributed by atoms with Crippen LogP contribution in [0.25, 0.3) is 0 Å². The predicted octanol–water partition coefficient (Wildman–Crippen LogP) is 2.46. The highest BCUT2D eigenvalue weighted by Crippen LogP contribution is 2.23. The fourth-order valence-electron chi connectivity index (χ4n) is 2.23. The zero-order chi connectivity index (χ0) is 13.0. The van der Waals surface area contributed by atoms with E-state index in [0.29, 0.717) is 5.88 Å². The van der Waals surface area contributed by atoms with Gasteiger partial charge in [-0.15, -0.1) is 0 Å². The topological polar surface area (TPSA) is 85.4 Å². The summed E-state index contributed by atoms with van der Waals surface area (Å²) in [6.07, 6.45) is 8.31. The first kappa shape index (κ1) is 12.7. The second-order valence-electron chi connectivity index (χ2n) is 4.65. The van der Waals surface area contributed by atoms with Gasteiger partial charge in [0.15, 0.2) is 0 Å². The lowest BCUT2D eigenvalue weighted by atomic mass is 10.1. The van der Waals surface area contributed by atoms with Crippen LogP contribution >= 0.6 is 0 Å². The zero-order valence-corrected chi connectivity index (χ0v) is 10.3. The first-order chi connectivity index (χ1) is 8.66. The summed E-state index contributed by atoms with van der Waals surface area (Å²) in [5, 5.41) is 8.98. The highest BCUT2D eigenvalue weighted by atomic mass is 16.5. The minimum absolute atomic E-state index is 0.0496. The van der Waals surface area contributed by atoms with E-state index in [1.54, 1.807) is 0 Å². The van der Waals surface area contributed by atoms with E-state index < -0.39 is 5.97 Å². The maximum atomic E-state index is 11.0. The molecule has 0 amide bonds. The Morgan fingerprint density at radius 1 is 1.33 bits per heavy atom. The van der Waals surface area contributed by atoms with Crippen molar-refractivity contribution < 1.29 is 14.6 Å². The molecule has 0 aliphatic heterocycles. The standard InChI is InChI=1S/C13H18N2O3/c14-11-8-15-12(7-10(11)13(16)17)18-9-5-3-1-2-4-6-9/h7-9H,1-6,14H2,(H,16,17). The van der Waals surface area contributed by atoms with Crippen LogP contribution in [-0.2, 0) is 0 Å². The summed E-state index contributed by atoms with van der Waals surface area (Å²) in [4.78, 5) is 15.0. The molecule has 1 saturated carbocycles. The van der Waals surface area contributed by atoms with Crippen LogP contribution < -0.4 is 10.5 Å². The fourth-order valence-corrected chi connectivity index (χ4v) is 2.23. The molecule has 0 radical (unpaired) electrons. The van der Waals surface area contributed by atoms with Crippen LogP contribution in [0, 0.1) is 0 Å². The third-order valence-corrected chi connectivity index (χ3v) is 3.23. The van der Waals surface area contributed by atoms with E-state index in [4.69, 9.17) is 15.6 Å². The lowest BCUT2D eigenvalue weighted by Crippen LogP contribution is -2.16. The second-order valence-corrected chi connectivity index (χ2v) is 4.65. The first-order valence-electron chi connectivity index (χ1n) is 6.32. The molecular formula is C13H18N2O3. The Morgan fingerprint density at radius 3 is 2.61 bits per heavy atom. The summed E-state index contributed by atoms with van der Waals surface area (Å²) in [6.45, 7) is 0. The van der Waals surface area contributed by atoms with Crippen molar-refractivity contribution in [3.8, 4) is 5.88 Å². The van der Waals surface area contributed by atoms with Crippen molar-refractivity contribution >= 4 is 11.7 Å². The quantitative estimate of drug-likeness (QED) is 0.805. The Balaban J connectivity index is 2.08. The van der Waals surface area contributed by atoms with Gasteiger partial charge < -0.3 is 15.6 Å². The summed E-state index contributed by atoms with van der Waals surface area (Å²) in [5.41, 5.74) is 5.76. The highest BCUT2D eigenvalue weighted by molar-refractivity contribution is 5.93. The fraction of sp³-hybridized carbons (Fsp3) is 0.538. The maximum absolute atomic E-state index is 11.0. The normalized spacial score (nSPS) is 17.1. The number of hydrogen-bond donors (Lipinski definition) is 2. The summed E-state index contributed by atoms with van der Waals surface area (Å²) in [6, 6.07) is 1.41. The van der Waals surface area contributed by atoms with E-state index in [1.807, 2.05) is 0 Å². The van der Waals surface area contributed by atoms with E-state index in [2.05, 4.69) is 4.98 Å². The van der Waals surface area contributed by atoms with Crippen LogP contribution in [0.2, 0.25) is 0 Å². The summed E-state index contributed by atoms with van der Waals surface area (Å²) in [7, 11) is 0. The minimum Gasteiger partial charge on any atom is -0.478 e. The summed E-state index contributed by atoms with van der Waals surface area (Å²) < 4.78 is 5.75. The van der Waals surface area contributed by atoms with Crippen LogP contribution in [-0.4, -0.2) is 22.2 Å². The SMILES string of the molecule is Nc1cnc(OC2CCCCCC2)cc1C(=O)O.